The van der Waals surface area contributed by atoms with Crippen molar-refractivity contribution in [1.82, 2.24) is 4.57 Å². The quantitative estimate of drug-likeness (QED) is 0.200. The highest BCUT2D eigenvalue weighted by atomic mass is 32.1. The minimum absolute atomic E-state index is 0.919. The van der Waals surface area contributed by atoms with E-state index in [1.54, 1.807) is 0 Å². The Bertz CT molecular complexity index is 2740. The SMILES string of the molecule is c1ccc(-n2c3ccccc3c3sc4c(-c5ccc(-c6ccc7c(c6)oc6cc8ccccc8cc67)cc5)cccc4c32)cc1. The lowest BCUT2D eigenvalue weighted by molar-refractivity contribution is 0.669. The number of thiophene rings is 1. The number of nitrogens with zero attached hydrogens (tertiary/aromatic N) is 1. The molecule has 3 aromatic heterocycles. The van der Waals surface area contributed by atoms with Crippen molar-refractivity contribution in [3.05, 3.63) is 152 Å². The summed E-state index contributed by atoms with van der Waals surface area (Å²) in [6.07, 6.45) is 0. The lowest BCUT2D eigenvalue weighted by Gasteiger charge is -2.09. The summed E-state index contributed by atoms with van der Waals surface area (Å²) in [6, 6.07) is 54.6. The summed E-state index contributed by atoms with van der Waals surface area (Å²) >= 11 is 1.90. The van der Waals surface area contributed by atoms with Crippen molar-refractivity contribution in [1.29, 1.82) is 0 Å². The zero-order valence-electron chi connectivity index (χ0n) is 24.2. The van der Waals surface area contributed by atoms with Gasteiger partial charge < -0.3 is 8.98 Å². The van der Waals surface area contributed by atoms with Crippen LogP contribution in [0.1, 0.15) is 0 Å². The molecule has 0 unspecified atom stereocenters. The Hall–Kier alpha value is -5.64. The second-order valence-electron chi connectivity index (χ2n) is 11.7. The summed E-state index contributed by atoms with van der Waals surface area (Å²) < 4.78 is 11.4. The van der Waals surface area contributed by atoms with Gasteiger partial charge in [-0.2, -0.15) is 0 Å². The number of rotatable bonds is 3. The smallest absolute Gasteiger partial charge is 0.136 e. The van der Waals surface area contributed by atoms with Gasteiger partial charge in [0.2, 0.25) is 0 Å². The summed E-state index contributed by atoms with van der Waals surface area (Å²) in [5, 5.41) is 7.33. The zero-order chi connectivity index (χ0) is 29.5. The normalized spacial score (nSPS) is 12.0. The largest absolute Gasteiger partial charge is 0.456 e. The molecule has 0 spiro atoms. The molecule has 0 aliphatic carbocycles. The average Bonchev–Trinajstić information content (AvgIpc) is 3.76. The molecule has 0 bridgehead atoms. The minimum atomic E-state index is 0.919. The van der Waals surface area contributed by atoms with E-state index < -0.39 is 0 Å². The highest BCUT2D eigenvalue weighted by Crippen LogP contribution is 2.45. The molecule has 3 heteroatoms. The molecule has 7 aromatic carbocycles. The Morgan fingerprint density at radius 1 is 0.444 bits per heavy atom. The van der Waals surface area contributed by atoms with E-state index >= 15 is 0 Å². The van der Waals surface area contributed by atoms with Crippen molar-refractivity contribution in [3.8, 4) is 27.9 Å². The molecule has 0 amide bonds. The standard InChI is InChI=1S/C42H25NOS/c1-2-11-31(12-3-1)43-37-16-7-6-13-34(37)42-40(43)35-15-8-14-32(41(35)45-42)27-19-17-26(18-20-27)30-21-22-33-36-23-28-9-4-5-10-29(28)24-39(36)44-38(33)25-30/h1-25H. The Balaban J connectivity index is 1.09. The van der Waals surface area contributed by atoms with Crippen LogP contribution in [-0.4, -0.2) is 4.57 Å². The van der Waals surface area contributed by atoms with E-state index in [4.69, 9.17) is 4.42 Å². The molecule has 0 fully saturated rings. The van der Waals surface area contributed by atoms with Gasteiger partial charge in [0.1, 0.15) is 11.2 Å². The van der Waals surface area contributed by atoms with Crippen molar-refractivity contribution in [3.63, 3.8) is 0 Å². The maximum absolute atomic E-state index is 6.36. The van der Waals surface area contributed by atoms with Crippen molar-refractivity contribution in [2.24, 2.45) is 0 Å². The number of aromatic nitrogens is 1. The number of fused-ring (bicyclic) bond motifs is 9. The second-order valence-corrected chi connectivity index (χ2v) is 12.8. The third kappa shape index (κ3) is 3.68. The fourth-order valence-electron chi connectivity index (χ4n) is 7.05. The van der Waals surface area contributed by atoms with Crippen LogP contribution in [0.2, 0.25) is 0 Å². The highest BCUT2D eigenvalue weighted by molar-refractivity contribution is 7.27. The van der Waals surface area contributed by atoms with E-state index in [0.29, 0.717) is 0 Å². The molecular weight excluding hydrogens is 567 g/mol. The molecule has 45 heavy (non-hydrogen) atoms. The molecule has 210 valence electrons. The summed E-state index contributed by atoms with van der Waals surface area (Å²) in [4.78, 5) is 0. The summed E-state index contributed by atoms with van der Waals surface area (Å²) in [5.74, 6) is 0. The lowest BCUT2D eigenvalue weighted by atomic mass is 9.98. The molecule has 10 aromatic rings. The van der Waals surface area contributed by atoms with Crippen LogP contribution in [-0.2, 0) is 0 Å². The lowest BCUT2D eigenvalue weighted by Crippen LogP contribution is -1.92. The molecule has 0 atom stereocenters. The fraction of sp³-hybridized carbons (Fsp3) is 0. The van der Waals surface area contributed by atoms with E-state index in [1.165, 1.54) is 64.4 Å². The van der Waals surface area contributed by atoms with E-state index in [-0.39, 0.29) is 0 Å². The van der Waals surface area contributed by atoms with Crippen LogP contribution in [0.5, 0.6) is 0 Å². The number of furan rings is 1. The predicted molar refractivity (Wildman–Crippen MR) is 192 cm³/mol. The van der Waals surface area contributed by atoms with Crippen LogP contribution in [0.4, 0.5) is 0 Å². The zero-order valence-corrected chi connectivity index (χ0v) is 25.0. The van der Waals surface area contributed by atoms with Gasteiger partial charge in [-0.1, -0.05) is 109 Å². The molecule has 0 saturated heterocycles. The molecule has 0 radical (unpaired) electrons. The number of hydrogen-bond acceptors (Lipinski definition) is 2. The van der Waals surface area contributed by atoms with Crippen LogP contribution < -0.4 is 0 Å². The van der Waals surface area contributed by atoms with Crippen LogP contribution >= 0.6 is 11.3 Å². The van der Waals surface area contributed by atoms with Gasteiger partial charge in [-0.05, 0) is 75.5 Å². The van der Waals surface area contributed by atoms with Gasteiger partial charge in [0.15, 0.2) is 0 Å². The van der Waals surface area contributed by atoms with Crippen molar-refractivity contribution in [2.45, 2.75) is 0 Å². The Morgan fingerprint density at radius 3 is 2.00 bits per heavy atom. The van der Waals surface area contributed by atoms with E-state index in [9.17, 15) is 0 Å². The van der Waals surface area contributed by atoms with Crippen LogP contribution in [0.25, 0.3) is 91.9 Å². The maximum Gasteiger partial charge on any atom is 0.136 e. The van der Waals surface area contributed by atoms with Gasteiger partial charge in [0, 0.05) is 31.9 Å². The van der Waals surface area contributed by atoms with Gasteiger partial charge in [-0.15, -0.1) is 11.3 Å². The topological polar surface area (TPSA) is 18.1 Å². The van der Waals surface area contributed by atoms with Gasteiger partial charge in [-0.3, -0.25) is 0 Å². The number of benzene rings is 7. The summed E-state index contributed by atoms with van der Waals surface area (Å²) in [7, 11) is 0. The monoisotopic (exact) mass is 591 g/mol. The first-order valence-corrected chi connectivity index (χ1v) is 16.1. The first kappa shape index (κ1) is 24.8. The van der Waals surface area contributed by atoms with E-state index in [2.05, 4.69) is 156 Å². The first-order valence-electron chi connectivity index (χ1n) is 15.3. The third-order valence-electron chi connectivity index (χ3n) is 9.19. The maximum atomic E-state index is 6.36. The number of para-hydroxylation sites is 2. The van der Waals surface area contributed by atoms with Crippen LogP contribution in [0.3, 0.4) is 0 Å². The van der Waals surface area contributed by atoms with Gasteiger partial charge in [0.05, 0.1) is 15.7 Å². The highest BCUT2D eigenvalue weighted by Gasteiger charge is 2.19. The predicted octanol–water partition coefficient (Wildman–Crippen LogP) is 12.4. The molecule has 10 rings (SSSR count). The van der Waals surface area contributed by atoms with Gasteiger partial charge in [-0.25, -0.2) is 0 Å². The first-order chi connectivity index (χ1) is 22.3. The van der Waals surface area contributed by atoms with Gasteiger partial charge >= 0.3 is 0 Å². The van der Waals surface area contributed by atoms with Crippen molar-refractivity contribution >= 4 is 75.3 Å². The Kier molecular flexibility index (Phi) is 5.19. The molecule has 2 nitrogen and oxygen atoms in total. The molecule has 0 saturated carbocycles. The van der Waals surface area contributed by atoms with Crippen LogP contribution in [0.15, 0.2) is 156 Å². The summed E-state index contributed by atoms with van der Waals surface area (Å²) in [5.41, 5.74) is 10.4. The Morgan fingerprint density at radius 2 is 1.13 bits per heavy atom. The van der Waals surface area contributed by atoms with Crippen LogP contribution in [0, 0.1) is 0 Å². The van der Waals surface area contributed by atoms with Gasteiger partial charge in [0.25, 0.3) is 0 Å². The second kappa shape index (κ2) is 9.43. The fourth-order valence-corrected chi connectivity index (χ4v) is 8.40. The molecule has 0 aliphatic rings. The molecule has 0 N–H and O–H groups in total. The molecule has 3 heterocycles. The van der Waals surface area contributed by atoms with E-state index in [1.807, 2.05) is 11.3 Å². The minimum Gasteiger partial charge on any atom is -0.456 e. The molecular formula is C42H25NOS. The van der Waals surface area contributed by atoms with E-state index in [0.717, 1.165) is 27.5 Å². The third-order valence-corrected chi connectivity index (χ3v) is 10.4. The molecule has 0 aliphatic heterocycles. The summed E-state index contributed by atoms with van der Waals surface area (Å²) in [6.45, 7) is 0. The van der Waals surface area contributed by atoms with Crippen molar-refractivity contribution < 1.29 is 4.42 Å². The Labute approximate surface area is 263 Å². The number of hydrogen-bond donors (Lipinski definition) is 0. The average molecular weight is 592 g/mol. The van der Waals surface area contributed by atoms with Crippen molar-refractivity contribution in [2.75, 3.05) is 0 Å².